The van der Waals surface area contributed by atoms with E-state index in [1.807, 2.05) is 30.3 Å². The number of nitrogens with one attached hydrogen (secondary N) is 1. The van der Waals surface area contributed by atoms with Crippen molar-refractivity contribution in [1.82, 2.24) is 14.8 Å². The van der Waals surface area contributed by atoms with Crippen molar-refractivity contribution in [2.24, 2.45) is 5.92 Å². The minimum absolute atomic E-state index is 0.0557. The first-order valence-electron chi connectivity index (χ1n) is 8.24. The fourth-order valence-electron chi connectivity index (χ4n) is 3.00. The van der Waals surface area contributed by atoms with Gasteiger partial charge in [0.1, 0.15) is 0 Å². The average molecular weight is 336 g/mol. The fourth-order valence-corrected chi connectivity index (χ4v) is 3.00. The van der Waals surface area contributed by atoms with E-state index in [1.165, 1.54) is 16.9 Å². The summed E-state index contributed by atoms with van der Waals surface area (Å²) in [6.45, 7) is 0. The van der Waals surface area contributed by atoms with Crippen LogP contribution in [0.25, 0.3) is 5.69 Å². The highest BCUT2D eigenvalue weighted by Gasteiger charge is 2.37. The zero-order chi connectivity index (χ0) is 17.2. The van der Waals surface area contributed by atoms with Crippen molar-refractivity contribution in [1.29, 1.82) is 0 Å². The van der Waals surface area contributed by atoms with Crippen molar-refractivity contribution in [2.45, 2.75) is 18.8 Å². The maximum Gasteiger partial charge on any atom is 0.233 e. The van der Waals surface area contributed by atoms with E-state index in [-0.39, 0.29) is 11.8 Å². The number of benzene rings is 1. The molecule has 1 saturated carbocycles. The molecule has 1 aliphatic rings. The number of hydrogen-bond acceptors (Lipinski definition) is 3. The smallest absolute Gasteiger partial charge is 0.233 e. The predicted octanol–water partition coefficient (Wildman–Crippen LogP) is 3.54. The van der Waals surface area contributed by atoms with Crippen LogP contribution in [0.4, 0.5) is 10.2 Å². The van der Waals surface area contributed by atoms with Gasteiger partial charge in [-0.15, -0.1) is 0 Å². The van der Waals surface area contributed by atoms with Gasteiger partial charge < -0.3 is 5.32 Å². The molecule has 1 aromatic carbocycles. The van der Waals surface area contributed by atoms with Gasteiger partial charge in [0.2, 0.25) is 11.9 Å². The molecule has 1 amide bonds. The van der Waals surface area contributed by atoms with E-state index in [0.29, 0.717) is 17.4 Å². The van der Waals surface area contributed by atoms with Crippen molar-refractivity contribution >= 4 is 11.7 Å². The Balaban J connectivity index is 1.53. The van der Waals surface area contributed by atoms with E-state index in [2.05, 4.69) is 15.4 Å². The predicted molar refractivity (Wildman–Crippen MR) is 91.9 cm³/mol. The normalized spacial score (nSPS) is 14.9. The summed E-state index contributed by atoms with van der Waals surface area (Å²) in [5, 5.41) is 7.19. The number of pyridine rings is 1. The number of halogens is 1. The summed E-state index contributed by atoms with van der Waals surface area (Å²) in [6, 6.07) is 14.5. The second-order valence-corrected chi connectivity index (χ2v) is 6.20. The molecule has 1 atom stereocenters. The van der Waals surface area contributed by atoms with E-state index in [1.54, 1.807) is 18.3 Å². The van der Waals surface area contributed by atoms with Crippen LogP contribution in [0.2, 0.25) is 0 Å². The van der Waals surface area contributed by atoms with Crippen LogP contribution in [-0.4, -0.2) is 20.7 Å². The standard InChI is InChI=1S/C19H17FN4O/c20-16-12-15(8-10-21-16)24-11-9-17(23-24)22-19(25)18(14-6-7-14)13-4-2-1-3-5-13/h1-5,8-12,14,18H,6-7H2,(H,22,23,25). The highest BCUT2D eigenvalue weighted by atomic mass is 19.1. The van der Waals surface area contributed by atoms with Crippen molar-refractivity contribution in [2.75, 3.05) is 5.32 Å². The first kappa shape index (κ1) is 15.5. The van der Waals surface area contributed by atoms with Crippen LogP contribution in [0.3, 0.4) is 0 Å². The summed E-state index contributed by atoms with van der Waals surface area (Å²) >= 11 is 0. The topological polar surface area (TPSA) is 59.8 Å². The summed E-state index contributed by atoms with van der Waals surface area (Å²) in [7, 11) is 0. The van der Waals surface area contributed by atoms with E-state index in [4.69, 9.17) is 0 Å². The number of amides is 1. The maximum atomic E-state index is 13.2. The van der Waals surface area contributed by atoms with Crippen LogP contribution in [0.5, 0.6) is 0 Å². The summed E-state index contributed by atoms with van der Waals surface area (Å²) in [6.07, 6.45) is 5.19. The minimum atomic E-state index is -0.573. The molecule has 25 heavy (non-hydrogen) atoms. The number of aromatic nitrogens is 3. The molecule has 5 nitrogen and oxygen atoms in total. The van der Waals surface area contributed by atoms with Crippen LogP contribution in [0.1, 0.15) is 24.3 Å². The van der Waals surface area contributed by atoms with E-state index < -0.39 is 5.95 Å². The Morgan fingerprint density at radius 2 is 2.00 bits per heavy atom. The molecule has 0 bridgehead atoms. The van der Waals surface area contributed by atoms with E-state index >= 15 is 0 Å². The largest absolute Gasteiger partial charge is 0.309 e. The molecule has 1 N–H and O–H groups in total. The maximum absolute atomic E-state index is 13.2. The lowest BCUT2D eigenvalue weighted by atomic mass is 9.93. The molecular formula is C19H17FN4O. The quantitative estimate of drug-likeness (QED) is 0.725. The Morgan fingerprint density at radius 1 is 1.20 bits per heavy atom. The third kappa shape index (κ3) is 3.42. The molecular weight excluding hydrogens is 319 g/mol. The lowest BCUT2D eigenvalue weighted by Crippen LogP contribution is -2.23. The molecule has 0 saturated heterocycles. The Morgan fingerprint density at radius 3 is 2.72 bits per heavy atom. The molecule has 2 heterocycles. The van der Waals surface area contributed by atoms with Crippen LogP contribution < -0.4 is 5.32 Å². The van der Waals surface area contributed by atoms with Gasteiger partial charge in [0.15, 0.2) is 5.82 Å². The minimum Gasteiger partial charge on any atom is -0.309 e. The second-order valence-electron chi connectivity index (χ2n) is 6.20. The number of nitrogens with zero attached hydrogens (tertiary/aromatic N) is 3. The molecule has 6 heteroatoms. The van der Waals surface area contributed by atoms with Gasteiger partial charge in [0.05, 0.1) is 11.6 Å². The summed E-state index contributed by atoms with van der Waals surface area (Å²) in [5.41, 5.74) is 1.58. The van der Waals surface area contributed by atoms with E-state index in [0.717, 1.165) is 18.4 Å². The molecule has 1 unspecified atom stereocenters. The van der Waals surface area contributed by atoms with Gasteiger partial charge in [-0.1, -0.05) is 30.3 Å². The van der Waals surface area contributed by atoms with Crippen LogP contribution in [0.15, 0.2) is 60.9 Å². The zero-order valence-electron chi connectivity index (χ0n) is 13.5. The van der Waals surface area contributed by atoms with Crippen molar-refractivity contribution < 1.29 is 9.18 Å². The Labute approximate surface area is 144 Å². The molecule has 0 radical (unpaired) electrons. The van der Waals surface area contributed by atoms with Crippen LogP contribution in [0, 0.1) is 11.9 Å². The SMILES string of the molecule is O=C(Nc1ccn(-c2ccnc(F)c2)n1)C(c1ccccc1)C1CC1. The zero-order valence-corrected chi connectivity index (χ0v) is 13.5. The van der Waals surface area contributed by atoms with E-state index in [9.17, 15) is 9.18 Å². The highest BCUT2D eigenvalue weighted by molar-refractivity contribution is 5.95. The number of carbonyl (C=O) groups is 1. The van der Waals surface area contributed by atoms with Gasteiger partial charge in [-0.3, -0.25) is 4.79 Å². The third-order valence-corrected chi connectivity index (χ3v) is 4.35. The molecule has 0 spiro atoms. The van der Waals surface area contributed by atoms with Gasteiger partial charge >= 0.3 is 0 Å². The summed E-state index contributed by atoms with van der Waals surface area (Å²) < 4.78 is 14.7. The Bertz CT molecular complexity index is 889. The molecule has 4 rings (SSSR count). The van der Waals surface area contributed by atoms with Gasteiger partial charge in [-0.25, -0.2) is 9.67 Å². The number of rotatable bonds is 5. The lowest BCUT2D eigenvalue weighted by Gasteiger charge is -2.15. The Kier molecular flexibility index (Phi) is 4.01. The second kappa shape index (κ2) is 6.47. The fraction of sp³-hybridized carbons (Fsp3) is 0.211. The molecule has 3 aromatic rings. The number of anilines is 1. The third-order valence-electron chi connectivity index (χ3n) is 4.35. The van der Waals surface area contributed by atoms with Crippen LogP contribution >= 0.6 is 0 Å². The number of hydrogen-bond donors (Lipinski definition) is 1. The molecule has 1 fully saturated rings. The van der Waals surface area contributed by atoms with Gasteiger partial charge in [0, 0.05) is 24.5 Å². The summed E-state index contributed by atoms with van der Waals surface area (Å²) in [5.74, 6) is 0.0450. The molecule has 2 aromatic heterocycles. The monoisotopic (exact) mass is 336 g/mol. The first-order chi connectivity index (χ1) is 12.2. The van der Waals surface area contributed by atoms with Crippen LogP contribution in [-0.2, 0) is 4.79 Å². The highest BCUT2D eigenvalue weighted by Crippen LogP contribution is 2.43. The van der Waals surface area contributed by atoms with Gasteiger partial charge in [-0.2, -0.15) is 9.49 Å². The molecule has 126 valence electrons. The van der Waals surface area contributed by atoms with Gasteiger partial charge in [-0.05, 0) is 30.4 Å². The van der Waals surface area contributed by atoms with Gasteiger partial charge in [0.25, 0.3) is 0 Å². The van der Waals surface area contributed by atoms with Crippen molar-refractivity contribution in [3.63, 3.8) is 0 Å². The van der Waals surface area contributed by atoms with Crippen molar-refractivity contribution in [3.05, 3.63) is 72.4 Å². The summed E-state index contributed by atoms with van der Waals surface area (Å²) in [4.78, 5) is 16.3. The Hall–Kier alpha value is -3.02. The number of carbonyl (C=O) groups excluding carboxylic acids is 1. The average Bonchev–Trinajstić information content (AvgIpc) is 3.33. The van der Waals surface area contributed by atoms with Crippen molar-refractivity contribution in [3.8, 4) is 5.69 Å². The first-order valence-corrected chi connectivity index (χ1v) is 8.24. The molecule has 1 aliphatic carbocycles. The lowest BCUT2D eigenvalue weighted by molar-refractivity contribution is -0.118. The molecule has 0 aliphatic heterocycles.